The SMILES string of the molecule is COc1ccc(OCc2noc(CN3CCN(C(=O)C45CC6CC(CC(C6)C4)C5)CC3)n2)cc1. The highest BCUT2D eigenvalue weighted by molar-refractivity contribution is 5.83. The molecule has 1 aromatic heterocycles. The van der Waals surface area contributed by atoms with Crippen LogP contribution in [0, 0.1) is 23.2 Å². The molecule has 4 aliphatic carbocycles. The summed E-state index contributed by atoms with van der Waals surface area (Å²) in [5.41, 5.74) is -0.0395. The third kappa shape index (κ3) is 4.28. The standard InChI is InChI=1S/C26H34N4O4/c1-32-21-2-4-22(5-3-21)33-17-23-27-24(34-28-23)16-29-6-8-30(9-7-29)25(31)26-13-18-10-19(14-26)12-20(11-18)15-26/h2-5,18-20H,6-17H2,1H3. The van der Waals surface area contributed by atoms with Crippen LogP contribution in [-0.2, 0) is 17.9 Å². The minimum atomic E-state index is -0.0395. The lowest BCUT2D eigenvalue weighted by molar-refractivity contribution is -0.159. The zero-order chi connectivity index (χ0) is 23.1. The molecular formula is C26H34N4O4. The molecule has 0 atom stereocenters. The molecule has 5 fully saturated rings. The van der Waals surface area contributed by atoms with E-state index in [1.54, 1.807) is 7.11 Å². The number of hydrogen-bond acceptors (Lipinski definition) is 7. The molecule has 4 bridgehead atoms. The first-order chi connectivity index (χ1) is 16.6. The summed E-state index contributed by atoms with van der Waals surface area (Å²) in [7, 11) is 1.64. The van der Waals surface area contributed by atoms with E-state index in [9.17, 15) is 4.79 Å². The van der Waals surface area contributed by atoms with E-state index in [0.717, 1.165) is 74.7 Å². The molecule has 0 radical (unpaired) electrons. The minimum absolute atomic E-state index is 0.0395. The van der Waals surface area contributed by atoms with Gasteiger partial charge < -0.3 is 18.9 Å². The molecule has 1 amide bonds. The molecule has 34 heavy (non-hydrogen) atoms. The molecule has 2 heterocycles. The first kappa shape index (κ1) is 21.9. The summed E-state index contributed by atoms with van der Waals surface area (Å²) < 4.78 is 16.3. The zero-order valence-corrected chi connectivity index (χ0v) is 19.9. The molecule has 5 aliphatic rings. The average Bonchev–Trinajstić information content (AvgIpc) is 3.29. The van der Waals surface area contributed by atoms with Gasteiger partial charge in [0.25, 0.3) is 0 Å². The highest BCUT2D eigenvalue weighted by atomic mass is 16.5. The third-order valence-electron chi connectivity index (χ3n) is 8.45. The third-order valence-corrected chi connectivity index (χ3v) is 8.45. The summed E-state index contributed by atoms with van der Waals surface area (Å²) in [6.07, 6.45) is 7.54. The molecule has 1 aliphatic heterocycles. The van der Waals surface area contributed by atoms with Gasteiger partial charge in [0.15, 0.2) is 6.61 Å². The molecule has 8 nitrogen and oxygen atoms in total. The summed E-state index contributed by atoms with van der Waals surface area (Å²) in [4.78, 5) is 22.5. The van der Waals surface area contributed by atoms with E-state index >= 15 is 0 Å². The van der Waals surface area contributed by atoms with Crippen LogP contribution in [0.15, 0.2) is 28.8 Å². The summed E-state index contributed by atoms with van der Waals surface area (Å²) in [5, 5.41) is 4.05. The fraction of sp³-hybridized carbons (Fsp3) is 0.654. The number of rotatable bonds is 7. The van der Waals surface area contributed by atoms with Crippen molar-refractivity contribution < 1.29 is 18.8 Å². The van der Waals surface area contributed by atoms with Crippen molar-refractivity contribution in [3.8, 4) is 11.5 Å². The Morgan fingerprint density at radius 3 is 2.24 bits per heavy atom. The summed E-state index contributed by atoms with van der Waals surface area (Å²) in [6.45, 7) is 4.14. The molecule has 8 heteroatoms. The maximum atomic E-state index is 13.6. The monoisotopic (exact) mass is 466 g/mol. The van der Waals surface area contributed by atoms with E-state index in [1.807, 2.05) is 24.3 Å². The molecular weight excluding hydrogens is 432 g/mol. The molecule has 0 N–H and O–H groups in total. The Morgan fingerprint density at radius 2 is 1.62 bits per heavy atom. The van der Waals surface area contributed by atoms with Gasteiger partial charge in [-0.15, -0.1) is 0 Å². The maximum absolute atomic E-state index is 13.6. The van der Waals surface area contributed by atoms with Gasteiger partial charge in [0.05, 0.1) is 19.1 Å². The van der Waals surface area contributed by atoms with Crippen LogP contribution < -0.4 is 9.47 Å². The lowest BCUT2D eigenvalue weighted by atomic mass is 9.49. The van der Waals surface area contributed by atoms with Crippen LogP contribution in [0.2, 0.25) is 0 Å². The number of benzene rings is 1. The first-order valence-electron chi connectivity index (χ1n) is 12.7. The predicted octanol–water partition coefficient (Wildman–Crippen LogP) is 3.52. The number of hydrogen-bond donors (Lipinski definition) is 0. The minimum Gasteiger partial charge on any atom is -0.497 e. The number of piperazine rings is 1. The molecule has 1 saturated heterocycles. The molecule has 0 unspecified atom stereocenters. The van der Waals surface area contributed by atoms with Crippen molar-refractivity contribution in [3.05, 3.63) is 36.0 Å². The molecule has 2 aromatic rings. The number of ether oxygens (including phenoxy) is 2. The van der Waals surface area contributed by atoms with E-state index in [2.05, 4.69) is 19.9 Å². The quantitative estimate of drug-likeness (QED) is 0.618. The van der Waals surface area contributed by atoms with Crippen LogP contribution >= 0.6 is 0 Å². The van der Waals surface area contributed by atoms with Crippen LogP contribution in [-0.4, -0.2) is 59.1 Å². The van der Waals surface area contributed by atoms with Crippen molar-refractivity contribution in [2.75, 3.05) is 33.3 Å². The van der Waals surface area contributed by atoms with Crippen LogP contribution in [0.3, 0.4) is 0 Å². The normalized spacial score (nSPS) is 30.5. The average molecular weight is 467 g/mol. The van der Waals surface area contributed by atoms with Crippen molar-refractivity contribution >= 4 is 5.91 Å². The molecule has 1 aromatic carbocycles. The van der Waals surface area contributed by atoms with Gasteiger partial charge in [-0.2, -0.15) is 4.98 Å². The zero-order valence-electron chi connectivity index (χ0n) is 19.9. The van der Waals surface area contributed by atoms with Gasteiger partial charge in [0.2, 0.25) is 17.6 Å². The van der Waals surface area contributed by atoms with E-state index in [-0.39, 0.29) is 12.0 Å². The van der Waals surface area contributed by atoms with E-state index in [4.69, 9.17) is 14.0 Å². The fourth-order valence-corrected chi connectivity index (χ4v) is 7.24. The van der Waals surface area contributed by atoms with Gasteiger partial charge in [0, 0.05) is 26.2 Å². The Morgan fingerprint density at radius 1 is 1.00 bits per heavy atom. The van der Waals surface area contributed by atoms with Crippen LogP contribution in [0.5, 0.6) is 11.5 Å². The van der Waals surface area contributed by atoms with Crippen molar-refractivity contribution in [3.63, 3.8) is 0 Å². The largest absolute Gasteiger partial charge is 0.497 e. The van der Waals surface area contributed by atoms with Gasteiger partial charge in [0.1, 0.15) is 11.5 Å². The van der Waals surface area contributed by atoms with Crippen molar-refractivity contribution in [2.24, 2.45) is 23.2 Å². The summed E-state index contributed by atoms with van der Waals surface area (Å²) >= 11 is 0. The maximum Gasteiger partial charge on any atom is 0.240 e. The highest BCUT2D eigenvalue weighted by Crippen LogP contribution is 2.60. The Hall–Kier alpha value is -2.61. The molecule has 0 spiro atoms. The summed E-state index contributed by atoms with van der Waals surface area (Å²) in [6, 6.07) is 7.41. The van der Waals surface area contributed by atoms with Crippen LogP contribution in [0.1, 0.15) is 50.2 Å². The first-order valence-corrected chi connectivity index (χ1v) is 12.7. The van der Waals surface area contributed by atoms with Crippen molar-refractivity contribution in [1.29, 1.82) is 0 Å². The van der Waals surface area contributed by atoms with E-state index in [0.29, 0.717) is 24.2 Å². The van der Waals surface area contributed by atoms with Crippen LogP contribution in [0.4, 0.5) is 0 Å². The van der Waals surface area contributed by atoms with Gasteiger partial charge in [-0.1, -0.05) is 5.16 Å². The summed E-state index contributed by atoms with van der Waals surface area (Å²) in [5.74, 6) is 5.49. The molecule has 182 valence electrons. The van der Waals surface area contributed by atoms with E-state index < -0.39 is 0 Å². The number of nitrogens with zero attached hydrogens (tertiary/aromatic N) is 4. The highest BCUT2D eigenvalue weighted by Gasteiger charge is 2.55. The van der Waals surface area contributed by atoms with Crippen molar-refractivity contribution in [1.82, 2.24) is 19.9 Å². The topological polar surface area (TPSA) is 80.9 Å². The number of amides is 1. The Kier molecular flexibility index (Phi) is 5.71. The van der Waals surface area contributed by atoms with Gasteiger partial charge >= 0.3 is 0 Å². The lowest BCUT2D eigenvalue weighted by Gasteiger charge is -2.57. The van der Waals surface area contributed by atoms with Crippen molar-refractivity contribution in [2.45, 2.75) is 51.7 Å². The smallest absolute Gasteiger partial charge is 0.240 e. The second-order valence-corrected chi connectivity index (χ2v) is 10.8. The molecule has 7 rings (SSSR count). The number of aromatic nitrogens is 2. The number of methoxy groups -OCH3 is 1. The number of carbonyl (C=O) groups excluding carboxylic acids is 1. The van der Waals surface area contributed by atoms with Gasteiger partial charge in [-0.3, -0.25) is 9.69 Å². The van der Waals surface area contributed by atoms with E-state index in [1.165, 1.54) is 19.3 Å². The molecule has 4 saturated carbocycles. The number of carbonyl (C=O) groups is 1. The predicted molar refractivity (Wildman–Crippen MR) is 124 cm³/mol. The Labute approximate surface area is 200 Å². The van der Waals surface area contributed by atoms with Gasteiger partial charge in [-0.05, 0) is 80.5 Å². The Bertz CT molecular complexity index is 977. The second kappa shape index (κ2) is 8.87. The Balaban J connectivity index is 0.987. The second-order valence-electron chi connectivity index (χ2n) is 10.8. The lowest BCUT2D eigenvalue weighted by Crippen LogP contribution is -2.58. The van der Waals surface area contributed by atoms with Gasteiger partial charge in [-0.25, -0.2) is 0 Å². The fourth-order valence-electron chi connectivity index (χ4n) is 7.24. The van der Waals surface area contributed by atoms with Crippen LogP contribution in [0.25, 0.3) is 0 Å².